The largest absolute Gasteiger partial charge is 0.481 e. The zero-order chi connectivity index (χ0) is 25.7. The van der Waals surface area contributed by atoms with Crippen molar-refractivity contribution < 1.29 is 4.74 Å². The van der Waals surface area contributed by atoms with Crippen molar-refractivity contribution in [2.24, 2.45) is 5.41 Å². The first-order chi connectivity index (χ1) is 17.9. The molecule has 0 radical (unpaired) electrons. The molecule has 6 rings (SSSR count). The molecule has 184 valence electrons. The zero-order valence-corrected chi connectivity index (χ0v) is 21.9. The fourth-order valence-electron chi connectivity index (χ4n) is 5.68. The van der Waals surface area contributed by atoms with Crippen LogP contribution in [0.5, 0.6) is 5.88 Å². The molecule has 2 fully saturated rings. The molecule has 0 unspecified atom stereocenters. The molecule has 0 aromatic carbocycles. The SMILES string of the molecule is COc1ccc(CN2C[C@](C)(C#N)[C@H]3[C@@H]2CN3c2ccc(-c3cc(Br)cn4ncc(C#N)c34)cn2)cn1. The van der Waals surface area contributed by atoms with E-state index in [4.69, 9.17) is 9.72 Å². The van der Waals surface area contributed by atoms with Crippen LogP contribution in [-0.2, 0) is 6.54 Å². The number of likely N-dealkylation sites (tertiary alicyclic amines) is 1. The fraction of sp³-hybridized carbons (Fsp3) is 0.296. The third-order valence-corrected chi connectivity index (χ3v) is 7.87. The number of rotatable bonds is 5. The number of aromatic nitrogens is 4. The highest BCUT2D eigenvalue weighted by molar-refractivity contribution is 9.10. The van der Waals surface area contributed by atoms with Crippen molar-refractivity contribution in [2.45, 2.75) is 25.6 Å². The molecule has 0 bridgehead atoms. The lowest BCUT2D eigenvalue weighted by Gasteiger charge is -2.50. The molecule has 4 aromatic rings. The monoisotopic (exact) mass is 554 g/mol. The van der Waals surface area contributed by atoms with Gasteiger partial charge in [-0.1, -0.05) is 6.07 Å². The van der Waals surface area contributed by atoms with Crippen LogP contribution in [0.1, 0.15) is 18.1 Å². The molecule has 3 atom stereocenters. The molecular weight excluding hydrogens is 532 g/mol. The number of nitriles is 2. The highest BCUT2D eigenvalue weighted by Gasteiger charge is 2.59. The van der Waals surface area contributed by atoms with E-state index in [-0.39, 0.29) is 12.1 Å². The third-order valence-electron chi connectivity index (χ3n) is 7.44. The van der Waals surface area contributed by atoms with Crippen LogP contribution in [0.4, 0.5) is 5.82 Å². The van der Waals surface area contributed by atoms with Crippen molar-refractivity contribution in [3.8, 4) is 29.1 Å². The third kappa shape index (κ3) is 3.81. The summed E-state index contributed by atoms with van der Waals surface area (Å²) >= 11 is 3.54. The van der Waals surface area contributed by atoms with Crippen LogP contribution in [0.3, 0.4) is 0 Å². The standard InChI is InChI=1S/C27H23BrN8O/c1-27(15-30)16-34(12-17-3-6-24(37-2)32-9-17)22-14-35(26(22)27)23-5-4-18(10-31-23)21-7-20(28)13-36-25(21)19(8-29)11-33-36/h3-7,9-11,13,22,26H,12,14,16H2,1-2H3/t22-,26+,27-/m0/s1. The first-order valence-corrected chi connectivity index (χ1v) is 12.7. The van der Waals surface area contributed by atoms with E-state index in [9.17, 15) is 10.5 Å². The summed E-state index contributed by atoms with van der Waals surface area (Å²) in [6.45, 7) is 4.27. The highest BCUT2D eigenvalue weighted by atomic mass is 79.9. The van der Waals surface area contributed by atoms with E-state index in [0.717, 1.165) is 45.6 Å². The predicted molar refractivity (Wildman–Crippen MR) is 141 cm³/mol. The summed E-state index contributed by atoms with van der Waals surface area (Å²) in [7, 11) is 1.61. The Kier molecular flexibility index (Phi) is 5.59. The normalized spacial score (nSPS) is 22.8. The minimum Gasteiger partial charge on any atom is -0.481 e. The molecule has 0 spiro atoms. The highest BCUT2D eigenvalue weighted by Crippen LogP contribution is 2.46. The first-order valence-electron chi connectivity index (χ1n) is 11.9. The number of hydrogen-bond donors (Lipinski definition) is 0. The topological polar surface area (TPSA) is 106 Å². The quantitative estimate of drug-likeness (QED) is 0.364. The van der Waals surface area contributed by atoms with Gasteiger partial charge in [-0.2, -0.15) is 15.6 Å². The maximum Gasteiger partial charge on any atom is 0.212 e. The van der Waals surface area contributed by atoms with Gasteiger partial charge in [-0.15, -0.1) is 0 Å². The number of methoxy groups -OCH3 is 1. The van der Waals surface area contributed by atoms with Gasteiger partial charge in [-0.25, -0.2) is 14.5 Å². The lowest BCUT2D eigenvalue weighted by molar-refractivity contribution is 0.192. The Morgan fingerprint density at radius 2 is 2.03 bits per heavy atom. The lowest BCUT2D eigenvalue weighted by atomic mass is 9.78. The van der Waals surface area contributed by atoms with Crippen LogP contribution in [0.2, 0.25) is 0 Å². The number of hydrogen-bond acceptors (Lipinski definition) is 8. The van der Waals surface area contributed by atoms with Gasteiger partial charge in [0.2, 0.25) is 5.88 Å². The average Bonchev–Trinajstić information content (AvgIpc) is 3.39. The van der Waals surface area contributed by atoms with Crippen LogP contribution in [0.25, 0.3) is 16.6 Å². The van der Waals surface area contributed by atoms with E-state index >= 15 is 0 Å². The molecular formula is C27H23BrN8O. The molecule has 0 N–H and O–H groups in total. The van der Waals surface area contributed by atoms with Gasteiger partial charge in [0.1, 0.15) is 11.9 Å². The van der Waals surface area contributed by atoms with Gasteiger partial charge in [0.15, 0.2) is 0 Å². The molecule has 2 aliphatic rings. The lowest BCUT2D eigenvalue weighted by Crippen LogP contribution is -2.65. The van der Waals surface area contributed by atoms with E-state index in [2.05, 4.69) is 48.0 Å². The Bertz CT molecular complexity index is 1570. The summed E-state index contributed by atoms with van der Waals surface area (Å²) in [6.07, 6.45) is 7.07. The second-order valence-corrected chi connectivity index (χ2v) is 10.7. The van der Waals surface area contributed by atoms with E-state index in [1.165, 1.54) is 0 Å². The van der Waals surface area contributed by atoms with Crippen molar-refractivity contribution >= 4 is 27.3 Å². The number of ether oxygens (including phenoxy) is 1. The summed E-state index contributed by atoms with van der Waals surface area (Å²) in [6, 6.07) is 15.0. The number of pyridine rings is 3. The number of anilines is 1. The van der Waals surface area contributed by atoms with Crippen molar-refractivity contribution in [2.75, 3.05) is 25.1 Å². The van der Waals surface area contributed by atoms with Crippen LogP contribution in [0.15, 0.2) is 59.6 Å². The molecule has 37 heavy (non-hydrogen) atoms. The van der Waals surface area contributed by atoms with Gasteiger partial charge >= 0.3 is 0 Å². The minimum atomic E-state index is -0.515. The van der Waals surface area contributed by atoms with Gasteiger partial charge in [-0.3, -0.25) is 4.90 Å². The second-order valence-electron chi connectivity index (χ2n) is 9.75. The first kappa shape index (κ1) is 23.4. The van der Waals surface area contributed by atoms with Gasteiger partial charge in [0.25, 0.3) is 0 Å². The van der Waals surface area contributed by atoms with E-state index in [1.807, 2.05) is 55.8 Å². The second kappa shape index (κ2) is 8.84. The van der Waals surface area contributed by atoms with Crippen LogP contribution >= 0.6 is 15.9 Å². The molecule has 6 heterocycles. The molecule has 2 aliphatic heterocycles. The van der Waals surface area contributed by atoms with E-state index in [1.54, 1.807) is 17.8 Å². The van der Waals surface area contributed by atoms with Gasteiger partial charge in [0.05, 0.1) is 41.9 Å². The summed E-state index contributed by atoms with van der Waals surface area (Å²) in [5.41, 5.74) is 3.62. The van der Waals surface area contributed by atoms with E-state index < -0.39 is 5.41 Å². The number of halogens is 1. The summed E-state index contributed by atoms with van der Waals surface area (Å²) in [5.74, 6) is 1.44. The van der Waals surface area contributed by atoms with E-state index in [0.29, 0.717) is 18.0 Å². The summed E-state index contributed by atoms with van der Waals surface area (Å²) in [4.78, 5) is 13.7. The van der Waals surface area contributed by atoms with Gasteiger partial charge < -0.3 is 9.64 Å². The van der Waals surface area contributed by atoms with Crippen LogP contribution in [0, 0.1) is 28.1 Å². The Labute approximate surface area is 222 Å². The summed E-state index contributed by atoms with van der Waals surface area (Å²) < 4.78 is 7.74. The van der Waals surface area contributed by atoms with Gasteiger partial charge in [0, 0.05) is 65.9 Å². The average molecular weight is 555 g/mol. The molecule has 9 nitrogen and oxygen atoms in total. The smallest absolute Gasteiger partial charge is 0.212 e. The molecule has 0 saturated carbocycles. The molecule has 0 aliphatic carbocycles. The Morgan fingerprint density at radius 1 is 1.16 bits per heavy atom. The van der Waals surface area contributed by atoms with Crippen molar-refractivity contribution in [1.29, 1.82) is 10.5 Å². The number of fused-ring (bicyclic) bond motifs is 2. The number of nitrogens with zero attached hydrogens (tertiary/aromatic N) is 8. The molecule has 0 amide bonds. The van der Waals surface area contributed by atoms with Crippen LogP contribution < -0.4 is 9.64 Å². The Morgan fingerprint density at radius 3 is 2.70 bits per heavy atom. The van der Waals surface area contributed by atoms with Crippen molar-refractivity contribution in [3.05, 3.63) is 70.7 Å². The predicted octanol–water partition coefficient (Wildman–Crippen LogP) is 4.04. The Hall–Kier alpha value is -3.99. The van der Waals surface area contributed by atoms with Crippen molar-refractivity contribution in [1.82, 2.24) is 24.5 Å². The zero-order valence-electron chi connectivity index (χ0n) is 20.3. The Balaban J connectivity index is 1.26. The van der Waals surface area contributed by atoms with Crippen molar-refractivity contribution in [3.63, 3.8) is 0 Å². The fourth-order valence-corrected chi connectivity index (χ4v) is 6.10. The minimum absolute atomic E-state index is 0.0552. The van der Waals surface area contributed by atoms with Gasteiger partial charge in [-0.05, 0) is 46.6 Å². The molecule has 4 aromatic heterocycles. The summed E-state index contributed by atoms with van der Waals surface area (Å²) in [5, 5.41) is 24.0. The maximum absolute atomic E-state index is 10.1. The molecule has 2 saturated heterocycles. The molecule has 10 heteroatoms. The van der Waals surface area contributed by atoms with Crippen LogP contribution in [-0.4, -0.2) is 56.8 Å². The maximum atomic E-state index is 10.1.